The third-order valence-electron chi connectivity index (χ3n) is 4.95. The predicted octanol–water partition coefficient (Wildman–Crippen LogP) is 1.50. The molecular weight excluding hydrogens is 296 g/mol. The number of fused-ring (bicyclic) bond motifs is 1. The van der Waals surface area contributed by atoms with E-state index in [4.69, 9.17) is 9.47 Å². The van der Waals surface area contributed by atoms with E-state index in [1.165, 1.54) is 6.42 Å². The molecule has 2 amide bonds. The molecule has 0 unspecified atom stereocenters. The lowest BCUT2D eigenvalue weighted by molar-refractivity contribution is -0.139. The van der Waals surface area contributed by atoms with Crippen LogP contribution in [-0.2, 0) is 4.79 Å². The van der Waals surface area contributed by atoms with Crippen molar-refractivity contribution in [3.8, 4) is 11.5 Å². The summed E-state index contributed by atoms with van der Waals surface area (Å²) in [4.78, 5) is 28.6. The Morgan fingerprint density at radius 3 is 2.35 bits per heavy atom. The Morgan fingerprint density at radius 2 is 1.65 bits per heavy atom. The number of hydrogen-bond acceptors (Lipinski definition) is 4. The van der Waals surface area contributed by atoms with Gasteiger partial charge in [0, 0.05) is 37.7 Å². The van der Waals surface area contributed by atoms with Gasteiger partial charge in [0.25, 0.3) is 5.91 Å². The molecule has 0 aromatic heterocycles. The number of benzene rings is 1. The molecule has 1 saturated heterocycles. The van der Waals surface area contributed by atoms with E-state index in [2.05, 4.69) is 0 Å². The molecule has 4 rings (SSSR count). The fraction of sp³-hybridized carbons (Fsp3) is 0.529. The van der Waals surface area contributed by atoms with Gasteiger partial charge in [-0.25, -0.2) is 0 Å². The van der Waals surface area contributed by atoms with Crippen LogP contribution in [0.3, 0.4) is 0 Å². The summed E-state index contributed by atoms with van der Waals surface area (Å²) in [5, 5.41) is 0. The van der Waals surface area contributed by atoms with E-state index in [0.717, 1.165) is 12.8 Å². The zero-order valence-corrected chi connectivity index (χ0v) is 13.0. The number of carbonyl (C=O) groups is 2. The van der Waals surface area contributed by atoms with Crippen molar-refractivity contribution in [2.75, 3.05) is 33.0 Å². The number of piperazine rings is 1. The summed E-state index contributed by atoms with van der Waals surface area (Å²) in [5.74, 6) is 1.78. The summed E-state index contributed by atoms with van der Waals surface area (Å²) in [6.45, 7) is 2.64. The van der Waals surface area contributed by atoms with Gasteiger partial charge in [-0.05, 0) is 31.0 Å². The second-order valence-corrected chi connectivity index (χ2v) is 6.31. The van der Waals surface area contributed by atoms with Gasteiger partial charge in [-0.3, -0.25) is 9.59 Å². The monoisotopic (exact) mass is 316 g/mol. The van der Waals surface area contributed by atoms with Gasteiger partial charge in [0.15, 0.2) is 11.5 Å². The van der Waals surface area contributed by atoms with Crippen LogP contribution in [0.2, 0.25) is 0 Å². The quantitative estimate of drug-likeness (QED) is 0.830. The number of amides is 2. The van der Waals surface area contributed by atoms with Crippen molar-refractivity contribution in [2.45, 2.75) is 19.3 Å². The lowest BCUT2D eigenvalue weighted by Gasteiger charge is -2.38. The largest absolute Gasteiger partial charge is 0.454 e. The number of hydrogen-bond donors (Lipinski definition) is 0. The van der Waals surface area contributed by atoms with E-state index >= 15 is 0 Å². The van der Waals surface area contributed by atoms with E-state index in [0.29, 0.717) is 43.2 Å². The molecular formula is C17H20N2O4. The van der Waals surface area contributed by atoms with Gasteiger partial charge < -0.3 is 19.3 Å². The molecule has 2 fully saturated rings. The minimum absolute atomic E-state index is 0.0148. The van der Waals surface area contributed by atoms with Gasteiger partial charge >= 0.3 is 0 Å². The topological polar surface area (TPSA) is 59.1 Å². The van der Waals surface area contributed by atoms with Crippen LogP contribution in [0.5, 0.6) is 11.5 Å². The summed E-state index contributed by atoms with van der Waals surface area (Å²) in [5.41, 5.74) is 0.605. The van der Waals surface area contributed by atoms with Crippen molar-refractivity contribution in [2.24, 2.45) is 5.92 Å². The SMILES string of the molecule is O=C(c1ccc2c(c1)OCO2)N1CCN(C(=O)C2CCC2)CC1. The fourth-order valence-electron chi connectivity index (χ4n) is 3.26. The van der Waals surface area contributed by atoms with Crippen molar-refractivity contribution in [3.63, 3.8) is 0 Å². The normalized spacial score (nSPS) is 20.3. The summed E-state index contributed by atoms with van der Waals surface area (Å²) >= 11 is 0. The van der Waals surface area contributed by atoms with Crippen molar-refractivity contribution in [1.82, 2.24) is 9.80 Å². The number of ether oxygens (including phenoxy) is 2. The smallest absolute Gasteiger partial charge is 0.254 e. The molecule has 0 atom stereocenters. The first-order valence-corrected chi connectivity index (χ1v) is 8.20. The molecule has 1 saturated carbocycles. The van der Waals surface area contributed by atoms with Gasteiger partial charge in [-0.1, -0.05) is 6.42 Å². The molecule has 1 aliphatic carbocycles. The Bertz CT molecular complexity index is 633. The van der Waals surface area contributed by atoms with Crippen LogP contribution < -0.4 is 9.47 Å². The van der Waals surface area contributed by atoms with Gasteiger partial charge in [-0.15, -0.1) is 0 Å². The van der Waals surface area contributed by atoms with E-state index in [1.807, 2.05) is 9.80 Å². The van der Waals surface area contributed by atoms with Gasteiger partial charge in [-0.2, -0.15) is 0 Å². The van der Waals surface area contributed by atoms with Crippen LogP contribution >= 0.6 is 0 Å². The highest BCUT2D eigenvalue weighted by Crippen LogP contribution is 2.33. The Hall–Kier alpha value is -2.24. The van der Waals surface area contributed by atoms with Crippen molar-refractivity contribution >= 4 is 11.8 Å². The maximum atomic E-state index is 12.6. The second-order valence-electron chi connectivity index (χ2n) is 6.31. The Morgan fingerprint density at radius 1 is 0.957 bits per heavy atom. The highest BCUT2D eigenvalue weighted by Gasteiger charge is 2.32. The average Bonchev–Trinajstić information content (AvgIpc) is 3.00. The van der Waals surface area contributed by atoms with Crippen LogP contribution in [0.25, 0.3) is 0 Å². The Balaban J connectivity index is 1.38. The van der Waals surface area contributed by atoms with Crippen molar-refractivity contribution < 1.29 is 19.1 Å². The summed E-state index contributed by atoms with van der Waals surface area (Å²) < 4.78 is 10.6. The number of rotatable bonds is 2. The first-order valence-electron chi connectivity index (χ1n) is 8.20. The second kappa shape index (κ2) is 5.76. The molecule has 6 nitrogen and oxygen atoms in total. The minimum Gasteiger partial charge on any atom is -0.454 e. The molecule has 6 heteroatoms. The minimum atomic E-state index is -0.0148. The first-order chi connectivity index (χ1) is 11.2. The maximum Gasteiger partial charge on any atom is 0.254 e. The van der Waals surface area contributed by atoms with E-state index in [-0.39, 0.29) is 24.5 Å². The molecule has 23 heavy (non-hydrogen) atoms. The van der Waals surface area contributed by atoms with Gasteiger partial charge in [0.1, 0.15) is 0 Å². The standard InChI is InChI=1S/C17H20N2O4/c20-16(12-2-1-3-12)18-6-8-19(9-7-18)17(21)13-4-5-14-15(10-13)23-11-22-14/h4-5,10,12H,1-3,6-9,11H2. The molecule has 0 spiro atoms. The highest BCUT2D eigenvalue weighted by molar-refractivity contribution is 5.95. The fourth-order valence-corrected chi connectivity index (χ4v) is 3.26. The lowest BCUT2D eigenvalue weighted by atomic mass is 9.84. The summed E-state index contributed by atoms with van der Waals surface area (Å²) in [6.07, 6.45) is 3.21. The van der Waals surface area contributed by atoms with E-state index < -0.39 is 0 Å². The molecule has 0 bridgehead atoms. The predicted molar refractivity (Wildman–Crippen MR) is 82.4 cm³/mol. The lowest BCUT2D eigenvalue weighted by Crippen LogP contribution is -2.52. The van der Waals surface area contributed by atoms with Crippen LogP contribution in [0.1, 0.15) is 29.6 Å². The summed E-state index contributed by atoms with van der Waals surface area (Å²) in [7, 11) is 0. The molecule has 0 radical (unpaired) electrons. The van der Waals surface area contributed by atoms with Crippen LogP contribution in [0, 0.1) is 5.92 Å². The number of carbonyl (C=O) groups excluding carboxylic acids is 2. The molecule has 2 heterocycles. The zero-order chi connectivity index (χ0) is 15.8. The Labute approximate surface area is 134 Å². The molecule has 1 aromatic carbocycles. The number of nitrogens with zero attached hydrogens (tertiary/aromatic N) is 2. The molecule has 122 valence electrons. The molecule has 3 aliphatic rings. The van der Waals surface area contributed by atoms with E-state index in [9.17, 15) is 9.59 Å². The third kappa shape index (κ3) is 2.62. The van der Waals surface area contributed by atoms with Crippen LogP contribution in [0.4, 0.5) is 0 Å². The molecule has 2 aliphatic heterocycles. The third-order valence-corrected chi connectivity index (χ3v) is 4.95. The van der Waals surface area contributed by atoms with Crippen LogP contribution in [0.15, 0.2) is 18.2 Å². The van der Waals surface area contributed by atoms with Crippen LogP contribution in [-0.4, -0.2) is 54.6 Å². The first kappa shape index (κ1) is 14.4. The average molecular weight is 316 g/mol. The van der Waals surface area contributed by atoms with E-state index in [1.54, 1.807) is 18.2 Å². The Kier molecular flexibility index (Phi) is 3.59. The highest BCUT2D eigenvalue weighted by atomic mass is 16.7. The van der Waals surface area contributed by atoms with Crippen molar-refractivity contribution in [1.29, 1.82) is 0 Å². The van der Waals surface area contributed by atoms with Gasteiger partial charge in [0.2, 0.25) is 12.7 Å². The van der Waals surface area contributed by atoms with Crippen molar-refractivity contribution in [3.05, 3.63) is 23.8 Å². The molecule has 1 aromatic rings. The zero-order valence-electron chi connectivity index (χ0n) is 13.0. The maximum absolute atomic E-state index is 12.6. The summed E-state index contributed by atoms with van der Waals surface area (Å²) in [6, 6.07) is 5.27. The van der Waals surface area contributed by atoms with Gasteiger partial charge in [0.05, 0.1) is 0 Å². The molecule has 0 N–H and O–H groups in total.